The SMILES string of the molecule is CN1CCN(c2cnn(C3CCN(CC4(O)CCCC4)C3)c2)C1=O. The Balaban J connectivity index is 1.38. The largest absolute Gasteiger partial charge is 0.389 e. The molecule has 3 aliphatic rings. The van der Waals surface area contributed by atoms with Gasteiger partial charge in [-0.3, -0.25) is 14.5 Å². The number of amides is 2. The van der Waals surface area contributed by atoms with Crippen LogP contribution in [0.5, 0.6) is 0 Å². The number of rotatable bonds is 4. The second-order valence-corrected chi connectivity index (χ2v) is 7.64. The molecule has 1 atom stereocenters. The topological polar surface area (TPSA) is 64.8 Å². The minimum Gasteiger partial charge on any atom is -0.389 e. The highest BCUT2D eigenvalue weighted by molar-refractivity contribution is 5.93. The van der Waals surface area contributed by atoms with Crippen LogP contribution in [0.4, 0.5) is 10.5 Å². The van der Waals surface area contributed by atoms with Gasteiger partial charge in [0.1, 0.15) is 0 Å². The van der Waals surface area contributed by atoms with Crippen molar-refractivity contribution in [1.82, 2.24) is 19.6 Å². The van der Waals surface area contributed by atoms with Gasteiger partial charge in [-0.1, -0.05) is 12.8 Å². The van der Waals surface area contributed by atoms with Crippen LogP contribution in [0.15, 0.2) is 12.4 Å². The summed E-state index contributed by atoms with van der Waals surface area (Å²) in [5, 5.41) is 15.1. The molecule has 0 spiro atoms. The normalized spacial score (nSPS) is 27.6. The lowest BCUT2D eigenvalue weighted by atomic mass is 10.0. The Hall–Kier alpha value is -1.60. The molecule has 0 radical (unpaired) electrons. The monoisotopic (exact) mass is 333 g/mol. The number of carbonyl (C=O) groups excluding carboxylic acids is 1. The van der Waals surface area contributed by atoms with E-state index in [1.807, 2.05) is 17.9 Å². The number of aromatic nitrogens is 2. The summed E-state index contributed by atoms with van der Waals surface area (Å²) in [6, 6.07) is 0.380. The van der Waals surface area contributed by atoms with E-state index in [1.54, 1.807) is 16.0 Å². The van der Waals surface area contributed by atoms with Crippen LogP contribution in [0.2, 0.25) is 0 Å². The molecule has 7 heteroatoms. The number of carbonyl (C=O) groups is 1. The Bertz CT molecular complexity index is 610. The van der Waals surface area contributed by atoms with Crippen molar-refractivity contribution in [3.63, 3.8) is 0 Å². The smallest absolute Gasteiger partial charge is 0.324 e. The van der Waals surface area contributed by atoms with Crippen molar-refractivity contribution in [3.05, 3.63) is 12.4 Å². The molecular formula is C17H27N5O2. The van der Waals surface area contributed by atoms with E-state index in [9.17, 15) is 9.90 Å². The van der Waals surface area contributed by atoms with Gasteiger partial charge in [-0.05, 0) is 19.3 Å². The molecule has 132 valence electrons. The first-order valence-corrected chi connectivity index (χ1v) is 9.06. The highest BCUT2D eigenvalue weighted by Crippen LogP contribution is 2.32. The predicted molar refractivity (Wildman–Crippen MR) is 91.1 cm³/mol. The van der Waals surface area contributed by atoms with Crippen LogP contribution in [0.25, 0.3) is 0 Å². The minimum absolute atomic E-state index is 0.0473. The fourth-order valence-corrected chi connectivity index (χ4v) is 4.33. The molecule has 2 saturated heterocycles. The van der Waals surface area contributed by atoms with Crippen LogP contribution < -0.4 is 4.90 Å². The molecule has 1 aromatic rings. The summed E-state index contributed by atoms with van der Waals surface area (Å²) in [4.78, 5) is 18.0. The summed E-state index contributed by atoms with van der Waals surface area (Å²) < 4.78 is 2.00. The first-order chi connectivity index (χ1) is 11.5. The van der Waals surface area contributed by atoms with Crippen LogP contribution in [0, 0.1) is 0 Å². The van der Waals surface area contributed by atoms with Gasteiger partial charge >= 0.3 is 6.03 Å². The van der Waals surface area contributed by atoms with Gasteiger partial charge in [0, 0.05) is 46.0 Å². The predicted octanol–water partition coefficient (Wildman–Crippen LogP) is 1.31. The number of likely N-dealkylation sites (tertiary alicyclic amines) is 1. The fraction of sp³-hybridized carbons (Fsp3) is 0.765. The van der Waals surface area contributed by atoms with Crippen LogP contribution >= 0.6 is 0 Å². The molecule has 1 unspecified atom stereocenters. The van der Waals surface area contributed by atoms with E-state index < -0.39 is 5.60 Å². The second kappa shape index (κ2) is 6.04. The van der Waals surface area contributed by atoms with E-state index in [0.29, 0.717) is 6.04 Å². The lowest BCUT2D eigenvalue weighted by molar-refractivity contribution is 0.0149. The molecule has 0 aromatic carbocycles. The number of aliphatic hydroxyl groups is 1. The van der Waals surface area contributed by atoms with Crippen LogP contribution in [0.3, 0.4) is 0 Å². The Labute approximate surface area is 142 Å². The molecule has 1 saturated carbocycles. The third kappa shape index (κ3) is 2.91. The van der Waals surface area contributed by atoms with Gasteiger partial charge in [0.15, 0.2) is 0 Å². The summed E-state index contributed by atoms with van der Waals surface area (Å²) >= 11 is 0. The van der Waals surface area contributed by atoms with E-state index in [0.717, 1.165) is 70.5 Å². The van der Waals surface area contributed by atoms with Crippen molar-refractivity contribution >= 4 is 11.7 Å². The molecule has 3 heterocycles. The first-order valence-electron chi connectivity index (χ1n) is 9.06. The van der Waals surface area contributed by atoms with Crippen molar-refractivity contribution in [1.29, 1.82) is 0 Å². The van der Waals surface area contributed by atoms with E-state index in [4.69, 9.17) is 0 Å². The van der Waals surface area contributed by atoms with E-state index in [2.05, 4.69) is 10.00 Å². The number of anilines is 1. The summed E-state index contributed by atoms with van der Waals surface area (Å²) in [5.74, 6) is 0. The van der Waals surface area contributed by atoms with Crippen molar-refractivity contribution in [2.24, 2.45) is 0 Å². The molecule has 4 rings (SSSR count). The van der Waals surface area contributed by atoms with E-state index in [1.165, 1.54) is 0 Å². The lowest BCUT2D eigenvalue weighted by Gasteiger charge is -2.28. The van der Waals surface area contributed by atoms with Crippen molar-refractivity contribution in [2.45, 2.75) is 43.7 Å². The Morgan fingerprint density at radius 2 is 2.08 bits per heavy atom. The van der Waals surface area contributed by atoms with E-state index in [-0.39, 0.29) is 6.03 Å². The number of hydrogen-bond donors (Lipinski definition) is 1. The average Bonchev–Trinajstić information content (AvgIpc) is 3.30. The first kappa shape index (κ1) is 15.9. The van der Waals surface area contributed by atoms with Crippen molar-refractivity contribution in [3.8, 4) is 0 Å². The third-order valence-electron chi connectivity index (χ3n) is 5.79. The maximum absolute atomic E-state index is 12.1. The zero-order valence-corrected chi connectivity index (χ0v) is 14.4. The quantitative estimate of drug-likeness (QED) is 0.902. The molecule has 2 aliphatic heterocycles. The van der Waals surface area contributed by atoms with Crippen LogP contribution in [-0.2, 0) is 0 Å². The zero-order chi connectivity index (χ0) is 16.7. The van der Waals surface area contributed by atoms with Gasteiger partial charge in [-0.2, -0.15) is 5.10 Å². The number of β-amino-alcohol motifs (C(OH)–C–C–N with tert-alkyl or cyclic N) is 1. The van der Waals surface area contributed by atoms with E-state index >= 15 is 0 Å². The molecule has 1 N–H and O–H groups in total. The lowest BCUT2D eigenvalue weighted by Crippen LogP contribution is -2.40. The Morgan fingerprint density at radius 1 is 1.29 bits per heavy atom. The summed E-state index contributed by atoms with van der Waals surface area (Å²) in [6.45, 7) is 4.21. The molecule has 7 nitrogen and oxygen atoms in total. The Kier molecular flexibility index (Phi) is 4.00. The number of urea groups is 1. The summed E-state index contributed by atoms with van der Waals surface area (Å²) in [6.07, 6.45) is 9.00. The highest BCUT2D eigenvalue weighted by Gasteiger charge is 2.36. The maximum atomic E-state index is 12.1. The molecule has 24 heavy (non-hydrogen) atoms. The van der Waals surface area contributed by atoms with Gasteiger partial charge in [0.25, 0.3) is 0 Å². The molecular weight excluding hydrogens is 306 g/mol. The zero-order valence-electron chi connectivity index (χ0n) is 14.4. The minimum atomic E-state index is -0.475. The van der Waals surface area contributed by atoms with Crippen molar-refractivity contribution in [2.75, 3.05) is 44.7 Å². The average molecular weight is 333 g/mol. The maximum Gasteiger partial charge on any atom is 0.324 e. The van der Waals surface area contributed by atoms with Gasteiger partial charge in [0.05, 0.1) is 23.5 Å². The van der Waals surface area contributed by atoms with Gasteiger partial charge < -0.3 is 10.0 Å². The second-order valence-electron chi connectivity index (χ2n) is 7.64. The van der Waals surface area contributed by atoms with Gasteiger partial charge in [-0.25, -0.2) is 4.79 Å². The molecule has 1 aromatic heterocycles. The number of hydrogen-bond acceptors (Lipinski definition) is 4. The molecule has 0 bridgehead atoms. The van der Waals surface area contributed by atoms with Crippen LogP contribution in [-0.4, -0.2) is 76.1 Å². The summed E-state index contributed by atoms with van der Waals surface area (Å²) in [5.41, 5.74) is 0.411. The molecule has 1 aliphatic carbocycles. The number of likely N-dealkylation sites (N-methyl/N-ethyl adjacent to an activating group) is 1. The van der Waals surface area contributed by atoms with Gasteiger partial charge in [-0.15, -0.1) is 0 Å². The number of nitrogens with zero attached hydrogens (tertiary/aromatic N) is 5. The standard InChI is InChI=1S/C17H27N5O2/c1-19-8-9-21(16(19)23)15-10-18-22(12-15)14-4-7-20(11-14)13-17(24)5-2-3-6-17/h10,12,14,24H,2-9,11,13H2,1H3. The fourth-order valence-electron chi connectivity index (χ4n) is 4.33. The highest BCUT2D eigenvalue weighted by atomic mass is 16.3. The van der Waals surface area contributed by atoms with Gasteiger partial charge in [0.2, 0.25) is 0 Å². The summed E-state index contributed by atoms with van der Waals surface area (Å²) in [7, 11) is 1.83. The molecule has 2 amide bonds. The molecule has 3 fully saturated rings. The third-order valence-corrected chi connectivity index (χ3v) is 5.79. The van der Waals surface area contributed by atoms with Crippen LogP contribution in [0.1, 0.15) is 38.1 Å². The van der Waals surface area contributed by atoms with Crippen molar-refractivity contribution < 1.29 is 9.90 Å². The Morgan fingerprint density at radius 3 is 2.79 bits per heavy atom.